The van der Waals surface area contributed by atoms with Crippen LogP contribution >= 0.6 is 0 Å². The summed E-state index contributed by atoms with van der Waals surface area (Å²) >= 11 is 0. The van der Waals surface area contributed by atoms with Crippen LogP contribution in [0.4, 0.5) is 0 Å². The van der Waals surface area contributed by atoms with Crippen LogP contribution in [0.5, 0.6) is 5.75 Å². The number of carbonyl (C=O) groups is 2. The average molecular weight is 318 g/mol. The summed E-state index contributed by atoms with van der Waals surface area (Å²) in [6.45, 7) is 6.52. The first-order valence-electron chi connectivity index (χ1n) is 7.92. The number of nitrogens with zero attached hydrogens (tertiary/aromatic N) is 2. The van der Waals surface area contributed by atoms with Gasteiger partial charge >= 0.3 is 5.97 Å². The van der Waals surface area contributed by atoms with Gasteiger partial charge < -0.3 is 19.6 Å². The molecule has 0 saturated carbocycles. The number of hydrogen-bond acceptors (Lipinski definition) is 5. The number of phenols is 1. The molecule has 1 fully saturated rings. The quantitative estimate of drug-likeness (QED) is 0.788. The average Bonchev–Trinajstić information content (AvgIpc) is 2.50. The molecule has 1 atom stereocenters. The molecule has 124 valence electrons. The van der Waals surface area contributed by atoms with Crippen molar-refractivity contribution in [2.24, 2.45) is 0 Å². The third-order valence-corrected chi connectivity index (χ3v) is 4.66. The standard InChI is InChI=1S/C17H22N2O4/c1-10-8-13(16(21)19-6-4-18(3)5-7-19)15(20)14-12(10)9-11(2)23-17(14)22/h8,11,20H,4-7,9H2,1-3H3/t11-/m1/s1. The molecule has 1 aromatic rings. The number of cyclic esters (lactones) is 1. The second kappa shape index (κ2) is 5.85. The molecular weight excluding hydrogens is 296 g/mol. The number of likely N-dealkylation sites (N-methyl/N-ethyl adjacent to an activating group) is 1. The van der Waals surface area contributed by atoms with Crippen molar-refractivity contribution >= 4 is 11.9 Å². The van der Waals surface area contributed by atoms with Gasteiger partial charge in [-0.15, -0.1) is 0 Å². The molecule has 2 heterocycles. The zero-order valence-corrected chi connectivity index (χ0v) is 13.8. The van der Waals surface area contributed by atoms with Gasteiger partial charge in [0.15, 0.2) is 0 Å². The van der Waals surface area contributed by atoms with E-state index < -0.39 is 5.97 Å². The summed E-state index contributed by atoms with van der Waals surface area (Å²) in [4.78, 5) is 28.8. The molecule has 1 N–H and O–H groups in total. The molecule has 1 aromatic carbocycles. The molecule has 0 aromatic heterocycles. The number of esters is 1. The maximum Gasteiger partial charge on any atom is 0.342 e. The molecule has 0 radical (unpaired) electrons. The summed E-state index contributed by atoms with van der Waals surface area (Å²) in [5, 5.41) is 10.5. The maximum atomic E-state index is 12.7. The first-order valence-corrected chi connectivity index (χ1v) is 7.92. The van der Waals surface area contributed by atoms with Crippen molar-refractivity contribution in [1.29, 1.82) is 0 Å². The Hall–Kier alpha value is -2.08. The molecule has 0 unspecified atom stereocenters. The molecule has 0 bridgehead atoms. The Kier molecular flexibility index (Phi) is 4.02. The van der Waals surface area contributed by atoms with E-state index in [1.54, 1.807) is 11.0 Å². The fourth-order valence-corrected chi connectivity index (χ4v) is 3.24. The van der Waals surface area contributed by atoms with Gasteiger partial charge in [-0.25, -0.2) is 4.79 Å². The molecule has 23 heavy (non-hydrogen) atoms. The van der Waals surface area contributed by atoms with E-state index in [1.807, 2.05) is 20.9 Å². The molecular formula is C17H22N2O4. The second-order valence-corrected chi connectivity index (χ2v) is 6.46. The SMILES string of the molecule is Cc1cc(C(=O)N2CCN(C)CC2)c(O)c2c1C[C@@H](C)OC2=O. The summed E-state index contributed by atoms with van der Waals surface area (Å²) < 4.78 is 5.21. The minimum Gasteiger partial charge on any atom is -0.506 e. The number of aromatic hydroxyl groups is 1. The summed E-state index contributed by atoms with van der Waals surface area (Å²) in [5.74, 6) is -1.02. The summed E-state index contributed by atoms with van der Waals surface area (Å²) in [6.07, 6.45) is 0.343. The summed E-state index contributed by atoms with van der Waals surface area (Å²) in [5.41, 5.74) is 1.97. The molecule has 1 saturated heterocycles. The van der Waals surface area contributed by atoms with Gasteiger partial charge in [0.2, 0.25) is 0 Å². The first kappa shape index (κ1) is 15.8. The number of rotatable bonds is 1. The lowest BCUT2D eigenvalue weighted by Crippen LogP contribution is -2.47. The van der Waals surface area contributed by atoms with Gasteiger partial charge in [0.05, 0.1) is 5.56 Å². The van der Waals surface area contributed by atoms with Crippen LogP contribution in [0.1, 0.15) is 38.8 Å². The number of hydrogen-bond donors (Lipinski definition) is 1. The number of fused-ring (bicyclic) bond motifs is 1. The Bertz CT molecular complexity index is 663. The number of ether oxygens (including phenoxy) is 1. The molecule has 0 aliphatic carbocycles. The molecule has 2 aliphatic heterocycles. The smallest absolute Gasteiger partial charge is 0.342 e. The van der Waals surface area contributed by atoms with Crippen LogP contribution in [-0.2, 0) is 11.2 Å². The Balaban J connectivity index is 1.98. The van der Waals surface area contributed by atoms with E-state index >= 15 is 0 Å². The summed E-state index contributed by atoms with van der Waals surface area (Å²) in [6, 6.07) is 1.69. The van der Waals surface area contributed by atoms with Crippen molar-refractivity contribution in [3.63, 3.8) is 0 Å². The molecule has 1 amide bonds. The zero-order valence-electron chi connectivity index (χ0n) is 13.8. The van der Waals surface area contributed by atoms with Crippen LogP contribution in [-0.4, -0.2) is 66.1 Å². The van der Waals surface area contributed by atoms with Crippen LogP contribution in [0.3, 0.4) is 0 Å². The Morgan fingerprint density at radius 1 is 1.30 bits per heavy atom. The lowest BCUT2D eigenvalue weighted by molar-refractivity contribution is 0.0296. The highest BCUT2D eigenvalue weighted by Crippen LogP contribution is 2.34. The lowest BCUT2D eigenvalue weighted by Gasteiger charge is -2.33. The van der Waals surface area contributed by atoms with E-state index in [4.69, 9.17) is 4.74 Å². The second-order valence-electron chi connectivity index (χ2n) is 6.46. The lowest BCUT2D eigenvalue weighted by atomic mass is 9.91. The van der Waals surface area contributed by atoms with Gasteiger partial charge in [-0.05, 0) is 38.1 Å². The van der Waals surface area contributed by atoms with Gasteiger partial charge in [-0.1, -0.05) is 0 Å². The molecule has 0 spiro atoms. The molecule has 6 nitrogen and oxygen atoms in total. The van der Waals surface area contributed by atoms with Crippen molar-refractivity contribution in [3.8, 4) is 5.75 Å². The number of aryl methyl sites for hydroxylation is 1. The third-order valence-electron chi connectivity index (χ3n) is 4.66. The highest BCUT2D eigenvalue weighted by molar-refractivity contribution is 6.04. The van der Waals surface area contributed by atoms with Crippen LogP contribution < -0.4 is 0 Å². The topological polar surface area (TPSA) is 70.1 Å². The molecule has 2 aliphatic rings. The van der Waals surface area contributed by atoms with Crippen molar-refractivity contribution in [2.75, 3.05) is 33.2 Å². The van der Waals surface area contributed by atoms with E-state index in [-0.39, 0.29) is 28.9 Å². The van der Waals surface area contributed by atoms with Crippen molar-refractivity contribution in [1.82, 2.24) is 9.80 Å². The fourth-order valence-electron chi connectivity index (χ4n) is 3.24. The largest absolute Gasteiger partial charge is 0.506 e. The van der Waals surface area contributed by atoms with E-state index in [0.29, 0.717) is 19.5 Å². The van der Waals surface area contributed by atoms with Gasteiger partial charge in [-0.3, -0.25) is 4.79 Å². The fraction of sp³-hybridized carbons (Fsp3) is 0.529. The Labute approximate surface area is 135 Å². The highest BCUT2D eigenvalue weighted by atomic mass is 16.5. The zero-order chi connectivity index (χ0) is 16.7. The number of benzene rings is 1. The van der Waals surface area contributed by atoms with Gasteiger partial charge in [0.25, 0.3) is 5.91 Å². The van der Waals surface area contributed by atoms with Crippen LogP contribution in [0.25, 0.3) is 0 Å². The normalized spacial score (nSPS) is 21.8. The van der Waals surface area contributed by atoms with Crippen molar-refractivity contribution in [2.45, 2.75) is 26.4 Å². The first-order chi connectivity index (χ1) is 10.9. The predicted molar refractivity (Wildman–Crippen MR) is 84.8 cm³/mol. The van der Waals surface area contributed by atoms with E-state index in [0.717, 1.165) is 24.2 Å². The maximum absolute atomic E-state index is 12.7. The minimum absolute atomic E-state index is 0.153. The molecule has 3 rings (SSSR count). The van der Waals surface area contributed by atoms with Crippen LogP contribution in [0.15, 0.2) is 6.07 Å². The van der Waals surface area contributed by atoms with E-state index in [1.165, 1.54) is 0 Å². The van der Waals surface area contributed by atoms with Gasteiger partial charge in [-0.2, -0.15) is 0 Å². The van der Waals surface area contributed by atoms with Crippen LogP contribution in [0.2, 0.25) is 0 Å². The van der Waals surface area contributed by atoms with Gasteiger partial charge in [0.1, 0.15) is 17.4 Å². The van der Waals surface area contributed by atoms with E-state index in [9.17, 15) is 14.7 Å². The van der Waals surface area contributed by atoms with Crippen molar-refractivity contribution < 1.29 is 19.4 Å². The monoisotopic (exact) mass is 318 g/mol. The minimum atomic E-state index is -0.549. The Morgan fingerprint density at radius 2 is 1.96 bits per heavy atom. The number of phenolic OH excluding ortho intramolecular Hbond substituents is 1. The van der Waals surface area contributed by atoms with Crippen molar-refractivity contribution in [3.05, 3.63) is 28.3 Å². The number of piperazine rings is 1. The summed E-state index contributed by atoms with van der Waals surface area (Å²) in [7, 11) is 2.01. The number of amides is 1. The van der Waals surface area contributed by atoms with Crippen LogP contribution in [0, 0.1) is 6.92 Å². The Morgan fingerprint density at radius 3 is 2.61 bits per heavy atom. The van der Waals surface area contributed by atoms with Gasteiger partial charge in [0, 0.05) is 32.6 Å². The third kappa shape index (κ3) is 2.79. The predicted octanol–water partition coefficient (Wildman–Crippen LogP) is 1.19. The number of carbonyl (C=O) groups excluding carboxylic acids is 2. The molecule has 6 heteroatoms. The van der Waals surface area contributed by atoms with E-state index in [2.05, 4.69) is 4.90 Å². The highest BCUT2D eigenvalue weighted by Gasteiger charge is 2.32.